The van der Waals surface area contributed by atoms with Crippen LogP contribution in [0.2, 0.25) is 0 Å². The van der Waals surface area contributed by atoms with Gasteiger partial charge >= 0.3 is 0 Å². The average Bonchev–Trinajstić information content (AvgIpc) is 3.07. The summed E-state index contributed by atoms with van der Waals surface area (Å²) in [4.78, 5) is 0.772. The molecular formula is C14H18N2O3S2. The van der Waals surface area contributed by atoms with Gasteiger partial charge in [0, 0.05) is 12.1 Å². The fourth-order valence-electron chi connectivity index (χ4n) is 2.61. The molecule has 5 nitrogen and oxygen atoms in total. The molecule has 114 valence electrons. The van der Waals surface area contributed by atoms with Gasteiger partial charge in [-0.1, -0.05) is 30.8 Å². The van der Waals surface area contributed by atoms with Crippen molar-refractivity contribution < 1.29 is 12.9 Å². The van der Waals surface area contributed by atoms with Crippen LogP contribution in [0.4, 0.5) is 0 Å². The Kier molecular flexibility index (Phi) is 4.42. The van der Waals surface area contributed by atoms with Crippen LogP contribution < -0.4 is 4.72 Å². The van der Waals surface area contributed by atoms with Crippen molar-refractivity contribution in [3.63, 3.8) is 0 Å². The van der Waals surface area contributed by atoms with Gasteiger partial charge in [0.1, 0.15) is 4.21 Å². The zero-order chi connectivity index (χ0) is 14.7. The summed E-state index contributed by atoms with van der Waals surface area (Å²) in [5.74, 6) is 0.593. The Bertz CT molecular complexity index is 669. The summed E-state index contributed by atoms with van der Waals surface area (Å²) >= 11 is 1.21. The fraction of sp³-hybridized carbons (Fsp3) is 0.500. The predicted octanol–water partition coefficient (Wildman–Crippen LogP) is 3.40. The van der Waals surface area contributed by atoms with Gasteiger partial charge in [-0.3, -0.25) is 0 Å². The molecule has 2 aromatic heterocycles. The molecule has 0 saturated heterocycles. The number of nitrogens with zero attached hydrogens (tertiary/aromatic N) is 1. The van der Waals surface area contributed by atoms with E-state index in [9.17, 15) is 8.42 Å². The summed E-state index contributed by atoms with van der Waals surface area (Å²) in [6, 6.07) is 5.17. The largest absolute Gasteiger partial charge is 0.355 e. The minimum atomic E-state index is -3.44. The Balaban J connectivity index is 1.75. The molecule has 21 heavy (non-hydrogen) atoms. The number of hydrogen-bond donors (Lipinski definition) is 1. The van der Waals surface area contributed by atoms with Gasteiger partial charge in [0.2, 0.25) is 10.0 Å². The summed E-state index contributed by atoms with van der Waals surface area (Å²) in [6.45, 7) is 0. The molecule has 0 aliphatic heterocycles. The maximum Gasteiger partial charge on any atom is 0.250 e. The number of aromatic nitrogens is 1. The minimum absolute atomic E-state index is 0.0633. The maximum absolute atomic E-state index is 12.4. The van der Waals surface area contributed by atoms with Crippen molar-refractivity contribution in [1.82, 2.24) is 9.88 Å². The van der Waals surface area contributed by atoms with Crippen LogP contribution in [-0.4, -0.2) is 19.6 Å². The van der Waals surface area contributed by atoms with Crippen LogP contribution in [0.5, 0.6) is 0 Å². The summed E-state index contributed by atoms with van der Waals surface area (Å²) in [6.07, 6.45) is 8.01. The number of sulfonamides is 1. The van der Waals surface area contributed by atoms with Crippen LogP contribution in [0.15, 0.2) is 33.1 Å². The third kappa shape index (κ3) is 3.53. The first-order valence-corrected chi connectivity index (χ1v) is 9.48. The molecule has 0 spiro atoms. The summed E-state index contributed by atoms with van der Waals surface area (Å²) < 4.78 is 33.1. The number of hydrogen-bond acceptors (Lipinski definition) is 5. The molecule has 0 radical (unpaired) electrons. The van der Waals surface area contributed by atoms with E-state index >= 15 is 0 Å². The smallest absolute Gasteiger partial charge is 0.250 e. The van der Waals surface area contributed by atoms with Crippen molar-refractivity contribution in [2.75, 3.05) is 0 Å². The van der Waals surface area contributed by atoms with Crippen LogP contribution in [0.3, 0.4) is 0 Å². The highest BCUT2D eigenvalue weighted by Gasteiger charge is 2.23. The minimum Gasteiger partial charge on any atom is -0.355 e. The van der Waals surface area contributed by atoms with Gasteiger partial charge in [0.25, 0.3) is 0 Å². The molecule has 2 aromatic rings. The summed E-state index contributed by atoms with van der Waals surface area (Å²) in [5, 5.41) is 3.64. The molecule has 7 heteroatoms. The molecule has 0 aromatic carbocycles. The van der Waals surface area contributed by atoms with E-state index in [4.69, 9.17) is 4.52 Å². The highest BCUT2D eigenvalue weighted by Crippen LogP contribution is 2.31. The Morgan fingerprint density at radius 1 is 1.14 bits per heavy atom. The lowest BCUT2D eigenvalue weighted by Crippen LogP contribution is -2.33. The molecule has 1 saturated carbocycles. The van der Waals surface area contributed by atoms with Gasteiger partial charge in [-0.2, -0.15) is 0 Å². The molecule has 0 atom stereocenters. The fourth-order valence-corrected chi connectivity index (χ4v) is 5.20. The van der Waals surface area contributed by atoms with Crippen LogP contribution in [-0.2, 0) is 10.0 Å². The van der Waals surface area contributed by atoms with E-state index in [0.717, 1.165) is 30.6 Å². The Hall–Kier alpha value is -1.18. The van der Waals surface area contributed by atoms with Crippen molar-refractivity contribution in [2.45, 2.75) is 48.8 Å². The lowest BCUT2D eigenvalue weighted by molar-refractivity contribution is 0.433. The van der Waals surface area contributed by atoms with E-state index in [1.165, 1.54) is 24.2 Å². The maximum atomic E-state index is 12.4. The molecule has 0 amide bonds. The van der Waals surface area contributed by atoms with E-state index in [2.05, 4.69) is 9.88 Å². The second-order valence-electron chi connectivity index (χ2n) is 5.31. The van der Waals surface area contributed by atoms with Crippen LogP contribution >= 0.6 is 11.3 Å². The molecule has 1 fully saturated rings. The van der Waals surface area contributed by atoms with Crippen LogP contribution in [0.25, 0.3) is 10.6 Å². The molecule has 0 unspecified atom stereocenters. The quantitative estimate of drug-likeness (QED) is 0.874. The van der Waals surface area contributed by atoms with Crippen LogP contribution in [0, 0.1) is 0 Å². The number of thiophene rings is 1. The van der Waals surface area contributed by atoms with Crippen molar-refractivity contribution in [3.8, 4) is 10.6 Å². The van der Waals surface area contributed by atoms with Gasteiger partial charge in [-0.05, 0) is 25.0 Å². The van der Waals surface area contributed by atoms with Gasteiger partial charge in [0.05, 0.1) is 11.1 Å². The van der Waals surface area contributed by atoms with Gasteiger partial charge in [-0.25, -0.2) is 13.1 Å². The van der Waals surface area contributed by atoms with E-state index in [-0.39, 0.29) is 6.04 Å². The molecule has 1 N–H and O–H groups in total. The topological polar surface area (TPSA) is 72.2 Å². The molecule has 2 heterocycles. The van der Waals surface area contributed by atoms with Gasteiger partial charge in [0.15, 0.2) is 5.76 Å². The Morgan fingerprint density at radius 3 is 2.57 bits per heavy atom. The molecular weight excluding hydrogens is 308 g/mol. The van der Waals surface area contributed by atoms with E-state index in [0.29, 0.717) is 9.97 Å². The normalized spacial score (nSPS) is 17.7. The van der Waals surface area contributed by atoms with E-state index in [1.54, 1.807) is 24.4 Å². The first kappa shape index (κ1) is 14.7. The first-order valence-electron chi connectivity index (χ1n) is 7.18. The van der Waals surface area contributed by atoms with Crippen LogP contribution in [0.1, 0.15) is 38.5 Å². The zero-order valence-electron chi connectivity index (χ0n) is 11.6. The SMILES string of the molecule is O=S(=O)(NC1CCCCCC1)c1ccc(-c2ccno2)s1. The molecule has 0 bridgehead atoms. The summed E-state index contributed by atoms with van der Waals surface area (Å²) in [7, 11) is -3.44. The number of nitrogens with one attached hydrogen (secondary N) is 1. The second kappa shape index (κ2) is 6.29. The van der Waals surface area contributed by atoms with Gasteiger partial charge < -0.3 is 4.52 Å². The third-order valence-electron chi connectivity index (χ3n) is 3.70. The van der Waals surface area contributed by atoms with Gasteiger partial charge in [-0.15, -0.1) is 11.3 Å². The highest BCUT2D eigenvalue weighted by molar-refractivity contribution is 7.91. The Labute approximate surface area is 128 Å². The first-order chi connectivity index (χ1) is 10.1. The molecule has 3 rings (SSSR count). The lowest BCUT2D eigenvalue weighted by atomic mass is 10.1. The van der Waals surface area contributed by atoms with Crippen molar-refractivity contribution in [3.05, 3.63) is 24.4 Å². The highest BCUT2D eigenvalue weighted by atomic mass is 32.2. The Morgan fingerprint density at radius 2 is 1.90 bits per heavy atom. The monoisotopic (exact) mass is 326 g/mol. The molecule has 1 aliphatic carbocycles. The predicted molar refractivity (Wildman–Crippen MR) is 81.6 cm³/mol. The van der Waals surface area contributed by atoms with E-state index < -0.39 is 10.0 Å². The number of rotatable bonds is 4. The van der Waals surface area contributed by atoms with Crippen molar-refractivity contribution >= 4 is 21.4 Å². The zero-order valence-corrected chi connectivity index (χ0v) is 13.3. The van der Waals surface area contributed by atoms with E-state index in [1.807, 2.05) is 0 Å². The average molecular weight is 326 g/mol. The standard InChI is InChI=1S/C14H18N2O3S2/c17-21(18,16-11-5-3-1-2-4-6-11)14-8-7-13(20-14)12-9-10-15-19-12/h7-11,16H,1-6H2. The lowest BCUT2D eigenvalue weighted by Gasteiger charge is -2.15. The molecule has 1 aliphatic rings. The summed E-state index contributed by atoms with van der Waals surface area (Å²) in [5.41, 5.74) is 0. The van der Waals surface area contributed by atoms with Crippen molar-refractivity contribution in [1.29, 1.82) is 0 Å². The third-order valence-corrected chi connectivity index (χ3v) is 6.82. The second-order valence-corrected chi connectivity index (χ2v) is 8.33. The van der Waals surface area contributed by atoms with Crippen molar-refractivity contribution in [2.24, 2.45) is 0 Å².